The monoisotopic (exact) mass is 349 g/mol. The average Bonchev–Trinajstić information content (AvgIpc) is 3.07. The summed E-state index contributed by atoms with van der Waals surface area (Å²) in [7, 11) is 0. The summed E-state index contributed by atoms with van der Waals surface area (Å²) in [5.74, 6) is 0.883. The van der Waals surface area contributed by atoms with Crippen LogP contribution in [0.5, 0.6) is 5.75 Å². The van der Waals surface area contributed by atoms with E-state index in [1.54, 1.807) is 0 Å². The molecule has 0 spiro atoms. The first-order chi connectivity index (χ1) is 11.2. The molecule has 0 bridgehead atoms. The topological polar surface area (TPSA) is 21.3 Å². The molecular weight excluding hydrogens is 329 g/mol. The normalized spacial score (nSPS) is 15.0. The molecule has 2 aromatic rings. The molecule has 3 rings (SSSR count). The third kappa shape index (κ3) is 4.41. The molecule has 1 N–H and O–H groups in total. The van der Waals surface area contributed by atoms with Crippen LogP contribution in [-0.2, 0) is 13.2 Å². The number of hydrogen-bond acceptors (Lipinski definition) is 2. The zero-order valence-electron chi connectivity index (χ0n) is 13.0. The minimum Gasteiger partial charge on any atom is -0.488 e. The molecule has 0 amide bonds. The molecule has 1 aliphatic rings. The molecular formula is C19H21Cl2NO. The fourth-order valence-corrected chi connectivity index (χ4v) is 3.50. The first-order valence-electron chi connectivity index (χ1n) is 8.11. The summed E-state index contributed by atoms with van der Waals surface area (Å²) in [4.78, 5) is 0. The lowest BCUT2D eigenvalue weighted by atomic mass is 10.1. The fourth-order valence-electron chi connectivity index (χ4n) is 3.00. The summed E-state index contributed by atoms with van der Waals surface area (Å²) < 4.78 is 5.99. The lowest BCUT2D eigenvalue weighted by molar-refractivity contribution is 0.301. The number of benzene rings is 2. The molecule has 0 heterocycles. The minimum atomic E-state index is 0.374. The van der Waals surface area contributed by atoms with Gasteiger partial charge in [0.2, 0.25) is 0 Å². The molecule has 122 valence electrons. The van der Waals surface area contributed by atoms with Gasteiger partial charge in [0.15, 0.2) is 0 Å². The summed E-state index contributed by atoms with van der Waals surface area (Å²) in [5, 5.41) is 4.90. The Morgan fingerprint density at radius 2 is 1.65 bits per heavy atom. The van der Waals surface area contributed by atoms with Gasteiger partial charge in [0.25, 0.3) is 0 Å². The van der Waals surface area contributed by atoms with Crippen molar-refractivity contribution in [3.8, 4) is 5.75 Å². The van der Waals surface area contributed by atoms with Crippen molar-refractivity contribution in [2.75, 3.05) is 0 Å². The van der Waals surface area contributed by atoms with Crippen LogP contribution in [-0.4, -0.2) is 6.04 Å². The highest BCUT2D eigenvalue weighted by Gasteiger charge is 2.15. The second-order valence-corrected chi connectivity index (χ2v) is 6.77. The molecule has 2 aromatic carbocycles. The number of halogens is 2. The molecule has 1 fully saturated rings. The zero-order chi connectivity index (χ0) is 16.1. The van der Waals surface area contributed by atoms with E-state index in [4.69, 9.17) is 27.9 Å². The van der Waals surface area contributed by atoms with Crippen molar-refractivity contribution in [2.45, 2.75) is 44.9 Å². The third-order valence-electron chi connectivity index (χ3n) is 4.34. The maximum absolute atomic E-state index is 6.21. The first kappa shape index (κ1) is 16.6. The highest BCUT2D eigenvalue weighted by Crippen LogP contribution is 2.27. The standard InChI is InChI=1S/C19H21Cl2NO/c20-17-9-5-10-18(21)16(17)13-23-19-11-4-1-6-14(19)12-22-15-7-2-3-8-15/h1,4-6,9-11,15,22H,2-3,7-8,12-13H2. The van der Waals surface area contributed by atoms with Gasteiger partial charge in [0, 0.05) is 33.8 Å². The maximum atomic E-state index is 6.21. The second-order valence-electron chi connectivity index (χ2n) is 5.96. The molecule has 4 heteroatoms. The molecule has 0 atom stereocenters. The predicted octanol–water partition coefficient (Wildman–Crippen LogP) is 5.60. The van der Waals surface area contributed by atoms with Gasteiger partial charge in [0.1, 0.15) is 12.4 Å². The maximum Gasteiger partial charge on any atom is 0.124 e. The van der Waals surface area contributed by atoms with Crippen molar-refractivity contribution < 1.29 is 4.74 Å². The number of ether oxygens (including phenoxy) is 1. The van der Waals surface area contributed by atoms with Gasteiger partial charge in [-0.15, -0.1) is 0 Å². The van der Waals surface area contributed by atoms with Crippen LogP contribution in [0.2, 0.25) is 10.0 Å². The summed E-state index contributed by atoms with van der Waals surface area (Å²) in [5.41, 5.74) is 2.00. The van der Waals surface area contributed by atoms with Crippen molar-refractivity contribution in [1.82, 2.24) is 5.32 Å². The quantitative estimate of drug-likeness (QED) is 0.732. The lowest BCUT2D eigenvalue weighted by Crippen LogP contribution is -2.25. The molecule has 23 heavy (non-hydrogen) atoms. The van der Waals surface area contributed by atoms with E-state index in [0.717, 1.165) is 17.9 Å². The summed E-state index contributed by atoms with van der Waals surface area (Å²) in [6, 6.07) is 14.3. The lowest BCUT2D eigenvalue weighted by Gasteiger charge is -2.16. The van der Waals surface area contributed by atoms with Crippen LogP contribution in [0.4, 0.5) is 0 Å². The highest BCUT2D eigenvalue weighted by molar-refractivity contribution is 6.35. The first-order valence-corrected chi connectivity index (χ1v) is 8.86. The van der Waals surface area contributed by atoms with Gasteiger partial charge in [-0.25, -0.2) is 0 Å². The van der Waals surface area contributed by atoms with Crippen molar-refractivity contribution in [3.63, 3.8) is 0 Å². The Morgan fingerprint density at radius 1 is 0.957 bits per heavy atom. The van der Waals surface area contributed by atoms with Crippen LogP contribution >= 0.6 is 23.2 Å². The van der Waals surface area contributed by atoms with E-state index in [1.165, 1.54) is 31.2 Å². The smallest absolute Gasteiger partial charge is 0.124 e. The molecule has 2 nitrogen and oxygen atoms in total. The van der Waals surface area contributed by atoms with Crippen LogP contribution in [0.3, 0.4) is 0 Å². The SMILES string of the molecule is Clc1cccc(Cl)c1COc1ccccc1CNC1CCCC1. The van der Waals surface area contributed by atoms with Gasteiger partial charge in [-0.1, -0.05) is 60.3 Å². The van der Waals surface area contributed by atoms with E-state index in [0.29, 0.717) is 22.7 Å². The van der Waals surface area contributed by atoms with E-state index >= 15 is 0 Å². The molecule has 0 aromatic heterocycles. The molecule has 0 unspecified atom stereocenters. The van der Waals surface area contributed by atoms with E-state index < -0.39 is 0 Å². The number of nitrogens with one attached hydrogen (secondary N) is 1. The number of hydrogen-bond donors (Lipinski definition) is 1. The molecule has 1 saturated carbocycles. The molecule has 1 aliphatic carbocycles. The van der Waals surface area contributed by atoms with Crippen LogP contribution in [0.15, 0.2) is 42.5 Å². The Labute approximate surface area is 147 Å². The number of para-hydroxylation sites is 1. The molecule has 0 radical (unpaired) electrons. The van der Waals surface area contributed by atoms with Crippen LogP contribution in [0.1, 0.15) is 36.8 Å². The van der Waals surface area contributed by atoms with Crippen LogP contribution < -0.4 is 10.1 Å². The van der Waals surface area contributed by atoms with Crippen molar-refractivity contribution in [1.29, 1.82) is 0 Å². The van der Waals surface area contributed by atoms with Crippen molar-refractivity contribution in [3.05, 3.63) is 63.6 Å². The summed E-state index contributed by atoms with van der Waals surface area (Å²) in [6.07, 6.45) is 5.22. The van der Waals surface area contributed by atoms with E-state index in [-0.39, 0.29) is 0 Å². The van der Waals surface area contributed by atoms with E-state index in [9.17, 15) is 0 Å². The van der Waals surface area contributed by atoms with Gasteiger partial charge >= 0.3 is 0 Å². The zero-order valence-corrected chi connectivity index (χ0v) is 14.5. The second kappa shape index (κ2) is 8.05. The Bertz CT molecular complexity index is 633. The predicted molar refractivity (Wildman–Crippen MR) is 96.3 cm³/mol. The average molecular weight is 350 g/mol. The Hall–Kier alpha value is -1.22. The molecule has 0 saturated heterocycles. The van der Waals surface area contributed by atoms with Gasteiger partial charge in [-0.2, -0.15) is 0 Å². The number of rotatable bonds is 6. The van der Waals surface area contributed by atoms with Gasteiger partial charge in [0.05, 0.1) is 0 Å². The van der Waals surface area contributed by atoms with Gasteiger partial charge < -0.3 is 10.1 Å². The largest absolute Gasteiger partial charge is 0.488 e. The summed E-state index contributed by atoms with van der Waals surface area (Å²) >= 11 is 12.4. The van der Waals surface area contributed by atoms with Crippen molar-refractivity contribution in [2.24, 2.45) is 0 Å². The van der Waals surface area contributed by atoms with E-state index in [2.05, 4.69) is 11.4 Å². The highest BCUT2D eigenvalue weighted by atomic mass is 35.5. The third-order valence-corrected chi connectivity index (χ3v) is 5.05. The van der Waals surface area contributed by atoms with Crippen LogP contribution in [0.25, 0.3) is 0 Å². The fraction of sp³-hybridized carbons (Fsp3) is 0.368. The Morgan fingerprint density at radius 3 is 2.39 bits per heavy atom. The van der Waals surface area contributed by atoms with Crippen LogP contribution in [0, 0.1) is 0 Å². The molecule has 0 aliphatic heterocycles. The Balaban J connectivity index is 1.65. The minimum absolute atomic E-state index is 0.374. The Kier molecular flexibility index (Phi) is 5.82. The summed E-state index contributed by atoms with van der Waals surface area (Å²) in [6.45, 7) is 1.20. The van der Waals surface area contributed by atoms with Gasteiger partial charge in [-0.05, 0) is 31.0 Å². The van der Waals surface area contributed by atoms with Crippen molar-refractivity contribution >= 4 is 23.2 Å². The van der Waals surface area contributed by atoms with E-state index in [1.807, 2.05) is 36.4 Å². The van der Waals surface area contributed by atoms with Gasteiger partial charge in [-0.3, -0.25) is 0 Å².